The van der Waals surface area contributed by atoms with Crippen molar-refractivity contribution in [1.82, 2.24) is 19.9 Å². The first-order chi connectivity index (χ1) is 13.1. The number of aromatic nitrogens is 4. The Balaban J connectivity index is 2.12. The van der Waals surface area contributed by atoms with Crippen LogP contribution in [0.4, 0.5) is 13.2 Å². The van der Waals surface area contributed by atoms with Crippen LogP contribution in [0.3, 0.4) is 0 Å². The number of hydrogen-bond acceptors (Lipinski definition) is 4. The van der Waals surface area contributed by atoms with Crippen molar-refractivity contribution in [1.29, 1.82) is 0 Å². The van der Waals surface area contributed by atoms with Crippen molar-refractivity contribution in [3.8, 4) is 11.3 Å². The van der Waals surface area contributed by atoms with E-state index in [9.17, 15) is 18.0 Å². The summed E-state index contributed by atoms with van der Waals surface area (Å²) in [5.41, 5.74) is 6.44. The molecule has 3 heterocycles. The van der Waals surface area contributed by atoms with Gasteiger partial charge in [0.05, 0.1) is 11.9 Å². The number of rotatable bonds is 5. The quantitative estimate of drug-likeness (QED) is 0.650. The average Bonchev–Trinajstić information content (AvgIpc) is 3.00. The van der Waals surface area contributed by atoms with Gasteiger partial charge in [0.2, 0.25) is 5.91 Å². The number of alkyl halides is 3. The minimum absolute atomic E-state index is 0.146. The van der Waals surface area contributed by atoms with Crippen LogP contribution in [0.1, 0.15) is 30.8 Å². The summed E-state index contributed by atoms with van der Waals surface area (Å²) in [6.07, 6.45) is 1.47. The van der Waals surface area contributed by atoms with E-state index in [1.807, 2.05) is 13.8 Å². The van der Waals surface area contributed by atoms with Gasteiger partial charge in [0.15, 0.2) is 5.65 Å². The summed E-state index contributed by atoms with van der Waals surface area (Å²) in [5, 5.41) is 0. The number of carbonyl (C=O) groups is 1. The number of nitrogens with one attached hydrogen (secondary N) is 1. The lowest BCUT2D eigenvalue weighted by Crippen LogP contribution is -2.11. The van der Waals surface area contributed by atoms with E-state index in [0.29, 0.717) is 28.8 Å². The number of nitrogens with two attached hydrogens (primary N) is 1. The highest BCUT2D eigenvalue weighted by molar-refractivity contribution is 5.93. The highest BCUT2D eigenvalue weighted by atomic mass is 19.4. The molecular formula is C19H18F3N5O. The van der Waals surface area contributed by atoms with Gasteiger partial charge in [-0.15, -0.1) is 0 Å². The summed E-state index contributed by atoms with van der Waals surface area (Å²) in [4.78, 5) is 26.2. The zero-order chi connectivity index (χ0) is 20.5. The standard InChI is InChI=1S/C19H18F3N5O/c1-10(2)5-13-6-12(7-15(26-13)19(20,21)22)14-9-25-18-17(27-14)11(8-24-18)3-4-16(23)28/h3-4,6-10H,5H2,1-2H3,(H2,23,28)(H,24,25). The molecule has 0 atom stereocenters. The van der Waals surface area contributed by atoms with Crippen LogP contribution >= 0.6 is 0 Å². The monoisotopic (exact) mass is 389 g/mol. The van der Waals surface area contributed by atoms with Gasteiger partial charge in [-0.2, -0.15) is 13.2 Å². The zero-order valence-corrected chi connectivity index (χ0v) is 15.2. The predicted molar refractivity (Wildman–Crippen MR) is 98.9 cm³/mol. The molecule has 146 valence electrons. The third-order valence-corrected chi connectivity index (χ3v) is 3.92. The molecule has 28 heavy (non-hydrogen) atoms. The number of halogens is 3. The Morgan fingerprint density at radius 1 is 1.29 bits per heavy atom. The van der Waals surface area contributed by atoms with Crippen molar-refractivity contribution in [2.45, 2.75) is 26.4 Å². The molecule has 3 aromatic rings. The van der Waals surface area contributed by atoms with E-state index in [0.717, 1.165) is 6.07 Å². The number of aromatic amines is 1. The van der Waals surface area contributed by atoms with Crippen LogP contribution in [0.25, 0.3) is 28.5 Å². The summed E-state index contributed by atoms with van der Waals surface area (Å²) >= 11 is 0. The fourth-order valence-corrected chi connectivity index (χ4v) is 2.75. The van der Waals surface area contributed by atoms with Crippen molar-refractivity contribution in [3.63, 3.8) is 0 Å². The smallest absolute Gasteiger partial charge is 0.366 e. The molecule has 0 radical (unpaired) electrons. The Bertz CT molecular complexity index is 1050. The first-order valence-electron chi connectivity index (χ1n) is 8.53. The van der Waals surface area contributed by atoms with Gasteiger partial charge < -0.3 is 10.7 Å². The molecule has 0 unspecified atom stereocenters. The van der Waals surface area contributed by atoms with Crippen molar-refractivity contribution in [3.05, 3.63) is 47.6 Å². The van der Waals surface area contributed by atoms with Gasteiger partial charge in [0, 0.05) is 29.1 Å². The van der Waals surface area contributed by atoms with E-state index < -0.39 is 17.8 Å². The molecule has 1 amide bonds. The lowest BCUT2D eigenvalue weighted by Gasteiger charge is -2.12. The molecule has 0 aliphatic carbocycles. The number of fused-ring (bicyclic) bond motifs is 1. The molecule has 3 rings (SSSR count). The number of H-pyrrole nitrogens is 1. The van der Waals surface area contributed by atoms with Gasteiger partial charge in [-0.25, -0.2) is 15.0 Å². The summed E-state index contributed by atoms with van der Waals surface area (Å²) in [7, 11) is 0. The Hall–Kier alpha value is -3.23. The third-order valence-electron chi connectivity index (χ3n) is 3.92. The number of primary amides is 1. The first-order valence-corrected chi connectivity index (χ1v) is 8.53. The van der Waals surface area contributed by atoms with Crippen molar-refractivity contribution >= 4 is 23.1 Å². The van der Waals surface area contributed by atoms with E-state index in [-0.39, 0.29) is 17.2 Å². The second-order valence-corrected chi connectivity index (χ2v) is 6.76. The van der Waals surface area contributed by atoms with E-state index >= 15 is 0 Å². The molecule has 3 N–H and O–H groups in total. The summed E-state index contributed by atoms with van der Waals surface area (Å²) in [6, 6.07) is 2.56. The van der Waals surface area contributed by atoms with Crippen LogP contribution < -0.4 is 5.73 Å². The number of carbonyl (C=O) groups excluding carboxylic acids is 1. The maximum Gasteiger partial charge on any atom is 0.433 e. The van der Waals surface area contributed by atoms with Crippen LogP contribution in [0.5, 0.6) is 0 Å². The fraction of sp³-hybridized carbons (Fsp3) is 0.263. The molecule has 0 bridgehead atoms. The number of hydrogen-bond donors (Lipinski definition) is 2. The Morgan fingerprint density at radius 3 is 2.68 bits per heavy atom. The lowest BCUT2D eigenvalue weighted by atomic mass is 10.0. The van der Waals surface area contributed by atoms with Crippen molar-refractivity contribution < 1.29 is 18.0 Å². The molecule has 9 heteroatoms. The fourth-order valence-electron chi connectivity index (χ4n) is 2.75. The molecule has 6 nitrogen and oxygen atoms in total. The second-order valence-electron chi connectivity index (χ2n) is 6.76. The van der Waals surface area contributed by atoms with Crippen LogP contribution in [-0.2, 0) is 17.4 Å². The van der Waals surface area contributed by atoms with Crippen molar-refractivity contribution in [2.24, 2.45) is 11.7 Å². The molecule has 0 aliphatic heterocycles. The molecule has 0 fully saturated rings. The highest BCUT2D eigenvalue weighted by Crippen LogP contribution is 2.32. The van der Waals surface area contributed by atoms with Crippen LogP contribution in [-0.4, -0.2) is 25.8 Å². The molecule has 0 saturated carbocycles. The van der Waals surface area contributed by atoms with Gasteiger partial charge in [0.1, 0.15) is 11.2 Å². The minimum atomic E-state index is -4.57. The van der Waals surface area contributed by atoms with Crippen molar-refractivity contribution in [2.75, 3.05) is 0 Å². The van der Waals surface area contributed by atoms with Crippen LogP contribution in [0.2, 0.25) is 0 Å². The molecule has 0 aliphatic rings. The molecule has 0 saturated heterocycles. The predicted octanol–water partition coefficient (Wildman–Crippen LogP) is 3.74. The first kappa shape index (κ1) is 19.5. The number of nitrogens with zero attached hydrogens (tertiary/aromatic N) is 3. The van der Waals surface area contributed by atoms with E-state index in [2.05, 4.69) is 19.9 Å². The third kappa shape index (κ3) is 4.36. The Labute approximate surface area is 158 Å². The number of amides is 1. The lowest BCUT2D eigenvalue weighted by molar-refractivity contribution is -0.141. The molecular weight excluding hydrogens is 371 g/mol. The van der Waals surface area contributed by atoms with Gasteiger partial charge in [-0.3, -0.25) is 4.79 Å². The topological polar surface area (TPSA) is 97.6 Å². The van der Waals surface area contributed by atoms with Crippen LogP contribution in [0.15, 0.2) is 30.6 Å². The van der Waals surface area contributed by atoms with Gasteiger partial charge in [-0.05, 0) is 30.5 Å². The van der Waals surface area contributed by atoms with Gasteiger partial charge in [0.25, 0.3) is 0 Å². The average molecular weight is 389 g/mol. The van der Waals surface area contributed by atoms with E-state index in [1.54, 1.807) is 12.3 Å². The SMILES string of the molecule is CC(C)Cc1cc(-c2cnc3[nH]cc(C=CC(N)=O)c3n2)cc(C(F)(F)F)n1. The molecule has 3 aromatic heterocycles. The van der Waals surface area contributed by atoms with E-state index in [4.69, 9.17) is 5.73 Å². The second kappa shape index (κ2) is 7.41. The summed E-state index contributed by atoms with van der Waals surface area (Å²) in [6.45, 7) is 3.81. The maximum atomic E-state index is 13.3. The maximum absolute atomic E-state index is 13.3. The largest absolute Gasteiger partial charge is 0.433 e. The molecule has 0 spiro atoms. The molecule has 0 aromatic carbocycles. The van der Waals surface area contributed by atoms with E-state index in [1.165, 1.54) is 18.3 Å². The normalized spacial score (nSPS) is 12.4. The van der Waals surface area contributed by atoms with Gasteiger partial charge >= 0.3 is 6.18 Å². The number of pyridine rings is 1. The van der Waals surface area contributed by atoms with Crippen LogP contribution in [0, 0.1) is 5.92 Å². The Morgan fingerprint density at radius 2 is 2.04 bits per heavy atom. The van der Waals surface area contributed by atoms with Gasteiger partial charge in [-0.1, -0.05) is 13.8 Å². The highest BCUT2D eigenvalue weighted by Gasteiger charge is 2.33. The zero-order valence-electron chi connectivity index (χ0n) is 15.2. The minimum Gasteiger partial charge on any atom is -0.366 e. The summed E-state index contributed by atoms with van der Waals surface area (Å²) < 4.78 is 39.9. The Kier molecular flexibility index (Phi) is 5.17. The summed E-state index contributed by atoms with van der Waals surface area (Å²) in [5.74, 6) is -0.478.